The first-order valence-electron chi connectivity index (χ1n) is 8.92. The quantitative estimate of drug-likeness (QED) is 0.903. The number of hydrogen-bond acceptors (Lipinski definition) is 1. The molecule has 1 atom stereocenters. The maximum atomic E-state index is 12.9. The van der Waals surface area contributed by atoms with Gasteiger partial charge in [0.05, 0.1) is 6.04 Å². The van der Waals surface area contributed by atoms with Crippen molar-refractivity contribution in [2.75, 3.05) is 6.54 Å². The molecule has 0 spiro atoms. The fourth-order valence-corrected chi connectivity index (χ4v) is 3.45. The first-order valence-corrected chi connectivity index (χ1v) is 8.92. The summed E-state index contributed by atoms with van der Waals surface area (Å²) in [5.41, 5.74) is 3.59. The molecule has 1 aliphatic heterocycles. The molecule has 2 heterocycles. The van der Waals surface area contributed by atoms with Gasteiger partial charge in [-0.05, 0) is 37.5 Å². The largest absolute Gasteiger partial charge is 0.348 e. The van der Waals surface area contributed by atoms with E-state index in [0.29, 0.717) is 0 Å². The highest BCUT2D eigenvalue weighted by atomic mass is 16.2. The molecule has 4 heteroatoms. The standard InChI is InChI=1S/C20H27N3O/c1-4-17(5-2)21-20(24)23-14-13-22-12-6-7-18(22)19(23)16-10-8-15(3)9-11-16/h6-12,17,19H,4-5,13-14H2,1-3H3,(H,21,24)/t19-/m1/s1. The SMILES string of the molecule is CCC(CC)NC(=O)N1CCn2cccc2[C@H]1c1ccc(C)cc1. The maximum absolute atomic E-state index is 12.9. The normalized spacial score (nSPS) is 17.0. The Balaban J connectivity index is 1.92. The van der Waals surface area contributed by atoms with Crippen LogP contribution in [0.1, 0.15) is 49.6 Å². The maximum Gasteiger partial charge on any atom is 0.318 e. The van der Waals surface area contributed by atoms with Gasteiger partial charge in [0.25, 0.3) is 0 Å². The van der Waals surface area contributed by atoms with Gasteiger partial charge < -0.3 is 14.8 Å². The molecule has 0 saturated carbocycles. The average Bonchev–Trinajstić information content (AvgIpc) is 3.08. The molecule has 128 valence electrons. The second-order valence-electron chi connectivity index (χ2n) is 6.60. The highest BCUT2D eigenvalue weighted by Gasteiger charge is 2.32. The van der Waals surface area contributed by atoms with Crippen molar-refractivity contribution in [3.63, 3.8) is 0 Å². The predicted octanol–water partition coefficient (Wildman–Crippen LogP) is 4.10. The van der Waals surface area contributed by atoms with E-state index in [9.17, 15) is 4.79 Å². The smallest absolute Gasteiger partial charge is 0.318 e. The van der Waals surface area contributed by atoms with Gasteiger partial charge in [-0.1, -0.05) is 43.7 Å². The first kappa shape index (κ1) is 16.6. The van der Waals surface area contributed by atoms with Gasteiger partial charge in [-0.2, -0.15) is 0 Å². The Hall–Kier alpha value is -2.23. The Labute approximate surface area is 144 Å². The van der Waals surface area contributed by atoms with Crippen molar-refractivity contribution in [2.24, 2.45) is 0 Å². The number of carbonyl (C=O) groups is 1. The van der Waals surface area contributed by atoms with Crippen LogP contribution in [0.3, 0.4) is 0 Å². The highest BCUT2D eigenvalue weighted by Crippen LogP contribution is 2.32. The molecule has 0 unspecified atom stereocenters. The molecule has 0 bridgehead atoms. The van der Waals surface area contributed by atoms with Gasteiger partial charge in [0.1, 0.15) is 0 Å². The van der Waals surface area contributed by atoms with Crippen LogP contribution in [0.2, 0.25) is 0 Å². The molecule has 1 N–H and O–H groups in total. The predicted molar refractivity (Wildman–Crippen MR) is 97.1 cm³/mol. The Kier molecular flexibility index (Phi) is 4.93. The van der Waals surface area contributed by atoms with Crippen molar-refractivity contribution in [1.82, 2.24) is 14.8 Å². The number of aromatic nitrogens is 1. The molecule has 0 saturated heterocycles. The fraction of sp³-hybridized carbons (Fsp3) is 0.450. The molecule has 1 aromatic heterocycles. The Bertz CT molecular complexity index is 685. The van der Waals surface area contributed by atoms with Crippen LogP contribution < -0.4 is 5.32 Å². The summed E-state index contributed by atoms with van der Waals surface area (Å²) in [4.78, 5) is 14.9. The molecule has 4 nitrogen and oxygen atoms in total. The monoisotopic (exact) mass is 325 g/mol. The molecule has 24 heavy (non-hydrogen) atoms. The van der Waals surface area contributed by atoms with E-state index in [2.05, 4.69) is 73.3 Å². The van der Waals surface area contributed by atoms with Gasteiger partial charge in [-0.3, -0.25) is 0 Å². The van der Waals surface area contributed by atoms with Crippen molar-refractivity contribution in [1.29, 1.82) is 0 Å². The number of aryl methyl sites for hydroxylation is 1. The topological polar surface area (TPSA) is 37.3 Å². The van der Waals surface area contributed by atoms with Gasteiger partial charge in [-0.15, -0.1) is 0 Å². The number of nitrogens with zero attached hydrogens (tertiary/aromatic N) is 2. The molecule has 0 radical (unpaired) electrons. The van der Waals surface area contributed by atoms with E-state index in [1.807, 2.05) is 4.90 Å². The molecule has 2 amide bonds. The molecule has 1 aliphatic rings. The van der Waals surface area contributed by atoms with Crippen LogP contribution in [0.4, 0.5) is 4.79 Å². The molecular formula is C20H27N3O. The van der Waals surface area contributed by atoms with Crippen LogP contribution >= 0.6 is 0 Å². The van der Waals surface area contributed by atoms with E-state index in [-0.39, 0.29) is 18.1 Å². The van der Waals surface area contributed by atoms with E-state index < -0.39 is 0 Å². The lowest BCUT2D eigenvalue weighted by Crippen LogP contribution is -2.49. The van der Waals surface area contributed by atoms with E-state index in [1.54, 1.807) is 0 Å². The summed E-state index contributed by atoms with van der Waals surface area (Å²) >= 11 is 0. The number of fused-ring (bicyclic) bond motifs is 1. The van der Waals surface area contributed by atoms with Crippen LogP contribution in [0.25, 0.3) is 0 Å². The number of nitrogens with one attached hydrogen (secondary N) is 1. The van der Waals surface area contributed by atoms with E-state index in [1.165, 1.54) is 16.8 Å². The van der Waals surface area contributed by atoms with Gasteiger partial charge in [0.15, 0.2) is 0 Å². The van der Waals surface area contributed by atoms with Gasteiger partial charge >= 0.3 is 6.03 Å². The zero-order valence-electron chi connectivity index (χ0n) is 14.8. The van der Waals surface area contributed by atoms with Crippen LogP contribution in [-0.2, 0) is 6.54 Å². The number of hydrogen-bond donors (Lipinski definition) is 1. The lowest BCUT2D eigenvalue weighted by Gasteiger charge is -2.38. The van der Waals surface area contributed by atoms with Gasteiger partial charge in [0.2, 0.25) is 0 Å². The number of amides is 2. The number of benzene rings is 1. The lowest BCUT2D eigenvalue weighted by atomic mass is 9.99. The summed E-state index contributed by atoms with van der Waals surface area (Å²) in [5.74, 6) is 0. The zero-order valence-corrected chi connectivity index (χ0v) is 14.8. The Morgan fingerprint density at radius 3 is 2.54 bits per heavy atom. The Morgan fingerprint density at radius 1 is 1.17 bits per heavy atom. The number of rotatable bonds is 4. The van der Waals surface area contributed by atoms with Crippen molar-refractivity contribution in [2.45, 2.75) is 52.2 Å². The third-order valence-corrected chi connectivity index (χ3v) is 5.01. The second kappa shape index (κ2) is 7.12. The average molecular weight is 325 g/mol. The third-order valence-electron chi connectivity index (χ3n) is 5.01. The minimum absolute atomic E-state index is 0.0243. The second-order valence-corrected chi connectivity index (χ2v) is 6.60. The Morgan fingerprint density at radius 2 is 1.88 bits per heavy atom. The van der Waals surface area contributed by atoms with Gasteiger partial charge in [0, 0.05) is 31.0 Å². The third kappa shape index (κ3) is 3.18. The molecule has 3 rings (SSSR count). The molecular weight excluding hydrogens is 298 g/mol. The van der Waals surface area contributed by atoms with Crippen LogP contribution in [0, 0.1) is 6.92 Å². The number of carbonyl (C=O) groups excluding carboxylic acids is 1. The summed E-state index contributed by atoms with van der Waals surface area (Å²) < 4.78 is 2.26. The fourth-order valence-electron chi connectivity index (χ4n) is 3.45. The zero-order chi connectivity index (χ0) is 17.1. The number of urea groups is 1. The van der Waals surface area contributed by atoms with E-state index in [4.69, 9.17) is 0 Å². The van der Waals surface area contributed by atoms with Crippen molar-refractivity contribution >= 4 is 6.03 Å². The van der Waals surface area contributed by atoms with Crippen molar-refractivity contribution in [3.05, 3.63) is 59.4 Å². The molecule has 0 fully saturated rings. The van der Waals surface area contributed by atoms with Crippen molar-refractivity contribution in [3.8, 4) is 0 Å². The van der Waals surface area contributed by atoms with E-state index >= 15 is 0 Å². The van der Waals surface area contributed by atoms with Crippen molar-refractivity contribution < 1.29 is 4.79 Å². The molecule has 0 aliphatic carbocycles. The van der Waals surface area contributed by atoms with E-state index in [0.717, 1.165) is 25.9 Å². The molecule has 1 aromatic carbocycles. The van der Waals surface area contributed by atoms with Crippen LogP contribution in [0.5, 0.6) is 0 Å². The molecule has 2 aromatic rings. The van der Waals surface area contributed by atoms with Gasteiger partial charge in [-0.25, -0.2) is 4.79 Å². The summed E-state index contributed by atoms with van der Waals surface area (Å²) in [6.45, 7) is 7.90. The van der Waals surface area contributed by atoms with Crippen LogP contribution in [0.15, 0.2) is 42.6 Å². The summed E-state index contributed by atoms with van der Waals surface area (Å²) in [7, 11) is 0. The summed E-state index contributed by atoms with van der Waals surface area (Å²) in [6, 6.07) is 13.0. The van der Waals surface area contributed by atoms with Crippen LogP contribution in [-0.4, -0.2) is 28.1 Å². The highest BCUT2D eigenvalue weighted by molar-refractivity contribution is 5.76. The first-order chi connectivity index (χ1) is 11.6. The summed E-state index contributed by atoms with van der Waals surface area (Å²) in [6.07, 6.45) is 4.02. The minimum Gasteiger partial charge on any atom is -0.348 e. The minimum atomic E-state index is -0.0243. The lowest BCUT2D eigenvalue weighted by molar-refractivity contribution is 0.164. The summed E-state index contributed by atoms with van der Waals surface area (Å²) in [5, 5.41) is 3.20.